The Hall–Kier alpha value is -0.643. The average Bonchev–Trinajstić information content (AvgIpc) is 2.24. The van der Waals surface area contributed by atoms with Crippen LogP contribution in [0.1, 0.15) is 37.9 Å². The van der Waals surface area contributed by atoms with Gasteiger partial charge >= 0.3 is 0 Å². The van der Waals surface area contributed by atoms with E-state index in [1.54, 1.807) is 0 Å². The zero-order valence-electron chi connectivity index (χ0n) is 12.6. The lowest BCUT2D eigenvalue weighted by atomic mass is 10.1. The van der Waals surface area contributed by atoms with Gasteiger partial charge in [0.25, 0.3) is 0 Å². The summed E-state index contributed by atoms with van der Waals surface area (Å²) in [7, 11) is -1.69. The molecule has 3 heteroatoms. The van der Waals surface area contributed by atoms with Crippen LogP contribution in [0.4, 0.5) is 0 Å². The van der Waals surface area contributed by atoms with Crippen LogP contribution in [0.3, 0.4) is 0 Å². The molecule has 0 radical (unpaired) electrons. The molecule has 1 atom stereocenters. The molecule has 0 aliphatic carbocycles. The van der Waals surface area contributed by atoms with Crippen molar-refractivity contribution in [3.05, 3.63) is 35.4 Å². The molecule has 0 aliphatic heterocycles. The Labute approximate surface area is 113 Å². The molecule has 0 heterocycles. The monoisotopic (exact) mass is 265 g/mol. The summed E-state index contributed by atoms with van der Waals surface area (Å²) in [5.74, 6) is 0. The van der Waals surface area contributed by atoms with Crippen molar-refractivity contribution in [2.24, 2.45) is 5.73 Å². The Balaban J connectivity index is 2.64. The molecular weight excluding hydrogens is 238 g/mol. The van der Waals surface area contributed by atoms with Gasteiger partial charge in [0.2, 0.25) is 0 Å². The van der Waals surface area contributed by atoms with Gasteiger partial charge in [-0.3, -0.25) is 0 Å². The second-order valence-electron chi connectivity index (χ2n) is 6.59. The maximum absolute atomic E-state index is 6.21. The summed E-state index contributed by atoms with van der Waals surface area (Å²) in [5, 5.41) is 0.235. The summed E-state index contributed by atoms with van der Waals surface area (Å²) in [6, 6.07) is 8.33. The Morgan fingerprint density at radius 3 is 2.39 bits per heavy atom. The summed E-state index contributed by atoms with van der Waals surface area (Å²) in [6.45, 7) is 14.0. The van der Waals surface area contributed by atoms with Crippen molar-refractivity contribution in [2.45, 2.75) is 51.9 Å². The minimum absolute atomic E-state index is 0.0287. The van der Waals surface area contributed by atoms with Gasteiger partial charge in [0.05, 0.1) is 12.6 Å². The van der Waals surface area contributed by atoms with Crippen molar-refractivity contribution in [3.8, 4) is 0 Å². The van der Waals surface area contributed by atoms with Crippen LogP contribution in [-0.2, 0) is 4.43 Å². The van der Waals surface area contributed by atoms with Crippen molar-refractivity contribution in [2.75, 3.05) is 6.61 Å². The normalized spacial score (nSPS) is 14.6. The molecule has 1 rings (SSSR count). The third kappa shape index (κ3) is 3.94. The lowest BCUT2D eigenvalue weighted by Gasteiger charge is -2.37. The van der Waals surface area contributed by atoms with Crippen LogP contribution in [0.15, 0.2) is 24.3 Å². The summed E-state index contributed by atoms with van der Waals surface area (Å²) in [6.07, 6.45) is 0. The first-order valence-electron chi connectivity index (χ1n) is 6.59. The topological polar surface area (TPSA) is 35.2 Å². The summed E-state index contributed by atoms with van der Waals surface area (Å²) in [4.78, 5) is 0. The van der Waals surface area contributed by atoms with Crippen molar-refractivity contribution in [1.82, 2.24) is 0 Å². The molecule has 102 valence electrons. The van der Waals surface area contributed by atoms with E-state index in [-0.39, 0.29) is 11.1 Å². The van der Waals surface area contributed by atoms with E-state index in [0.717, 1.165) is 5.56 Å². The molecule has 1 unspecified atom stereocenters. The molecule has 0 saturated heterocycles. The van der Waals surface area contributed by atoms with Gasteiger partial charge in [-0.25, -0.2) is 0 Å². The molecule has 0 spiro atoms. The minimum Gasteiger partial charge on any atom is -0.415 e. The second kappa shape index (κ2) is 5.55. The fraction of sp³-hybridized carbons (Fsp3) is 0.600. The van der Waals surface area contributed by atoms with Gasteiger partial charge in [0.1, 0.15) is 0 Å². The van der Waals surface area contributed by atoms with E-state index in [1.165, 1.54) is 5.56 Å². The Bertz CT molecular complexity index is 396. The maximum Gasteiger partial charge on any atom is 0.192 e. The van der Waals surface area contributed by atoms with E-state index >= 15 is 0 Å². The zero-order valence-corrected chi connectivity index (χ0v) is 13.6. The van der Waals surface area contributed by atoms with Gasteiger partial charge in [-0.15, -0.1) is 0 Å². The molecule has 0 aromatic heterocycles. The van der Waals surface area contributed by atoms with Gasteiger partial charge in [-0.05, 0) is 30.6 Å². The summed E-state index contributed by atoms with van der Waals surface area (Å²) < 4.78 is 6.16. The zero-order chi connectivity index (χ0) is 14.0. The third-order valence-electron chi connectivity index (χ3n) is 3.90. The lowest BCUT2D eigenvalue weighted by Crippen LogP contribution is -2.42. The fourth-order valence-corrected chi connectivity index (χ4v) is 2.54. The highest BCUT2D eigenvalue weighted by molar-refractivity contribution is 6.74. The highest BCUT2D eigenvalue weighted by Crippen LogP contribution is 2.36. The molecule has 1 aromatic carbocycles. The molecule has 0 fully saturated rings. The van der Waals surface area contributed by atoms with Gasteiger partial charge < -0.3 is 10.2 Å². The Kier molecular flexibility index (Phi) is 4.76. The molecule has 18 heavy (non-hydrogen) atoms. The quantitative estimate of drug-likeness (QED) is 0.835. The largest absolute Gasteiger partial charge is 0.415 e. The first kappa shape index (κ1) is 15.4. The Morgan fingerprint density at radius 2 is 1.89 bits per heavy atom. The van der Waals surface area contributed by atoms with Crippen LogP contribution in [0, 0.1) is 6.92 Å². The second-order valence-corrected chi connectivity index (χ2v) is 11.4. The van der Waals surface area contributed by atoms with Gasteiger partial charge in [0.15, 0.2) is 8.32 Å². The molecule has 2 N–H and O–H groups in total. The van der Waals surface area contributed by atoms with E-state index in [4.69, 9.17) is 10.2 Å². The van der Waals surface area contributed by atoms with Crippen LogP contribution in [-0.4, -0.2) is 14.9 Å². The number of aryl methyl sites for hydroxylation is 1. The van der Waals surface area contributed by atoms with Crippen LogP contribution < -0.4 is 5.73 Å². The highest BCUT2D eigenvalue weighted by atomic mass is 28.4. The molecule has 0 bridgehead atoms. The van der Waals surface area contributed by atoms with Crippen LogP contribution in [0.2, 0.25) is 18.1 Å². The van der Waals surface area contributed by atoms with E-state index in [2.05, 4.69) is 65.1 Å². The van der Waals surface area contributed by atoms with Crippen LogP contribution >= 0.6 is 0 Å². The van der Waals surface area contributed by atoms with E-state index < -0.39 is 8.32 Å². The fourth-order valence-electron chi connectivity index (χ4n) is 1.51. The number of hydrogen-bond donors (Lipinski definition) is 1. The first-order chi connectivity index (χ1) is 8.13. The van der Waals surface area contributed by atoms with E-state index in [0.29, 0.717) is 6.61 Å². The third-order valence-corrected chi connectivity index (χ3v) is 8.40. The first-order valence-corrected chi connectivity index (χ1v) is 9.50. The predicted molar refractivity (Wildman–Crippen MR) is 81.3 cm³/mol. The molecule has 0 amide bonds. The SMILES string of the molecule is Cc1cccc(C(N)CO[Si](C)(C)C(C)(C)C)c1. The lowest BCUT2D eigenvalue weighted by molar-refractivity contribution is 0.264. The summed E-state index contributed by atoms with van der Waals surface area (Å²) in [5.41, 5.74) is 8.62. The van der Waals surface area contributed by atoms with Gasteiger partial charge in [-0.2, -0.15) is 0 Å². The number of nitrogens with two attached hydrogens (primary N) is 1. The minimum atomic E-state index is -1.69. The predicted octanol–water partition coefficient (Wildman–Crippen LogP) is 4.02. The summed E-state index contributed by atoms with van der Waals surface area (Å²) >= 11 is 0. The van der Waals surface area contributed by atoms with Crippen LogP contribution in [0.25, 0.3) is 0 Å². The van der Waals surface area contributed by atoms with Crippen LogP contribution in [0.5, 0.6) is 0 Å². The standard InChI is InChI=1S/C15H27NOSi/c1-12-8-7-9-13(10-12)14(16)11-17-18(5,6)15(2,3)4/h7-10,14H,11,16H2,1-6H3. The smallest absolute Gasteiger partial charge is 0.192 e. The Morgan fingerprint density at radius 1 is 1.28 bits per heavy atom. The number of rotatable bonds is 4. The molecular formula is C15H27NOSi. The van der Waals surface area contributed by atoms with Crippen molar-refractivity contribution in [3.63, 3.8) is 0 Å². The molecule has 0 saturated carbocycles. The van der Waals surface area contributed by atoms with Crippen molar-refractivity contribution >= 4 is 8.32 Å². The molecule has 0 aliphatic rings. The number of benzene rings is 1. The highest BCUT2D eigenvalue weighted by Gasteiger charge is 2.37. The molecule has 2 nitrogen and oxygen atoms in total. The van der Waals surface area contributed by atoms with E-state index in [1.807, 2.05) is 0 Å². The average molecular weight is 265 g/mol. The van der Waals surface area contributed by atoms with Crippen molar-refractivity contribution in [1.29, 1.82) is 0 Å². The maximum atomic E-state index is 6.21. The van der Waals surface area contributed by atoms with Gasteiger partial charge in [-0.1, -0.05) is 50.6 Å². The van der Waals surface area contributed by atoms with Gasteiger partial charge in [0, 0.05) is 0 Å². The number of hydrogen-bond acceptors (Lipinski definition) is 2. The van der Waals surface area contributed by atoms with E-state index in [9.17, 15) is 0 Å². The van der Waals surface area contributed by atoms with Crippen molar-refractivity contribution < 1.29 is 4.43 Å². The molecule has 1 aromatic rings.